The summed E-state index contributed by atoms with van der Waals surface area (Å²) in [5.41, 5.74) is 1.75. The third-order valence-electron chi connectivity index (χ3n) is 3.79. The number of aliphatic hydroxyl groups is 1. The standard InChI is InChI=1S/C12H20O/c1-9-6-10(2)8-12(7-9)5-3-4-11(12)13/h6,9,11,13H,3-5,7-8H2,1-2H3. The molecule has 1 nitrogen and oxygen atoms in total. The van der Waals surface area contributed by atoms with Gasteiger partial charge in [0.05, 0.1) is 6.10 Å². The molecule has 3 atom stereocenters. The van der Waals surface area contributed by atoms with Crippen LogP contribution >= 0.6 is 0 Å². The normalized spacial score (nSPS) is 45.3. The molecule has 13 heavy (non-hydrogen) atoms. The van der Waals surface area contributed by atoms with Crippen molar-refractivity contribution in [2.45, 2.75) is 52.1 Å². The van der Waals surface area contributed by atoms with Crippen molar-refractivity contribution < 1.29 is 5.11 Å². The second kappa shape index (κ2) is 3.13. The van der Waals surface area contributed by atoms with E-state index in [1.54, 1.807) is 0 Å². The minimum absolute atomic E-state index is 0.0291. The van der Waals surface area contributed by atoms with Crippen LogP contribution in [0.2, 0.25) is 0 Å². The Morgan fingerprint density at radius 3 is 2.85 bits per heavy atom. The molecule has 2 aliphatic carbocycles. The van der Waals surface area contributed by atoms with E-state index in [0.29, 0.717) is 5.92 Å². The first kappa shape index (κ1) is 9.26. The number of allylic oxidation sites excluding steroid dienone is 2. The van der Waals surface area contributed by atoms with Crippen LogP contribution < -0.4 is 0 Å². The van der Waals surface area contributed by atoms with Crippen LogP contribution in [0.5, 0.6) is 0 Å². The van der Waals surface area contributed by atoms with Crippen LogP contribution in [0.15, 0.2) is 11.6 Å². The van der Waals surface area contributed by atoms with Gasteiger partial charge in [-0.1, -0.05) is 25.0 Å². The average Bonchev–Trinajstić information content (AvgIpc) is 2.30. The third kappa shape index (κ3) is 1.54. The molecule has 1 fully saturated rings. The van der Waals surface area contributed by atoms with Crippen molar-refractivity contribution in [2.24, 2.45) is 11.3 Å². The fourth-order valence-electron chi connectivity index (χ4n) is 3.44. The fourth-order valence-corrected chi connectivity index (χ4v) is 3.44. The second-order valence-corrected chi connectivity index (χ2v) is 5.14. The molecular formula is C12H20O. The lowest BCUT2D eigenvalue weighted by Gasteiger charge is -2.38. The second-order valence-electron chi connectivity index (χ2n) is 5.14. The molecule has 0 aromatic heterocycles. The maximum absolute atomic E-state index is 10.0. The molecule has 1 N–H and O–H groups in total. The Hall–Kier alpha value is -0.300. The third-order valence-corrected chi connectivity index (χ3v) is 3.79. The summed E-state index contributed by atoms with van der Waals surface area (Å²) in [6.45, 7) is 4.48. The van der Waals surface area contributed by atoms with Gasteiger partial charge < -0.3 is 5.11 Å². The lowest BCUT2D eigenvalue weighted by molar-refractivity contribution is 0.0339. The van der Waals surface area contributed by atoms with E-state index in [0.717, 1.165) is 12.8 Å². The zero-order valence-corrected chi connectivity index (χ0v) is 8.71. The van der Waals surface area contributed by atoms with E-state index >= 15 is 0 Å². The van der Waals surface area contributed by atoms with Crippen LogP contribution in [0.25, 0.3) is 0 Å². The molecule has 74 valence electrons. The topological polar surface area (TPSA) is 20.2 Å². The summed E-state index contributed by atoms with van der Waals surface area (Å²) in [6, 6.07) is 0. The maximum atomic E-state index is 10.0. The SMILES string of the molecule is CC1=CC(C)CC2(CCCC2O)C1. The Bertz CT molecular complexity index is 231. The molecule has 0 heterocycles. The average molecular weight is 180 g/mol. The molecule has 2 aliphatic rings. The van der Waals surface area contributed by atoms with E-state index in [2.05, 4.69) is 19.9 Å². The summed E-state index contributed by atoms with van der Waals surface area (Å²) in [7, 11) is 0. The van der Waals surface area contributed by atoms with E-state index in [-0.39, 0.29) is 11.5 Å². The smallest absolute Gasteiger partial charge is 0.0599 e. The van der Waals surface area contributed by atoms with Gasteiger partial charge in [0.2, 0.25) is 0 Å². The Kier molecular flexibility index (Phi) is 2.23. The van der Waals surface area contributed by atoms with Gasteiger partial charge in [-0.25, -0.2) is 0 Å². The predicted molar refractivity (Wildman–Crippen MR) is 54.4 cm³/mol. The molecule has 0 aromatic carbocycles. The monoisotopic (exact) mass is 180 g/mol. The molecule has 0 aliphatic heterocycles. The lowest BCUT2D eigenvalue weighted by atomic mass is 9.68. The van der Waals surface area contributed by atoms with Crippen LogP contribution in [-0.4, -0.2) is 11.2 Å². The van der Waals surface area contributed by atoms with Crippen molar-refractivity contribution in [1.82, 2.24) is 0 Å². The summed E-state index contributed by atoms with van der Waals surface area (Å²) in [5, 5.41) is 10.0. The molecule has 1 saturated carbocycles. The molecule has 1 spiro atoms. The largest absolute Gasteiger partial charge is 0.393 e. The zero-order chi connectivity index (χ0) is 9.47. The summed E-state index contributed by atoms with van der Waals surface area (Å²) in [5.74, 6) is 0.668. The Balaban J connectivity index is 2.20. The van der Waals surface area contributed by atoms with Gasteiger partial charge in [0.15, 0.2) is 0 Å². The molecule has 0 radical (unpaired) electrons. The number of hydrogen-bond acceptors (Lipinski definition) is 1. The molecule has 0 amide bonds. The van der Waals surface area contributed by atoms with E-state index in [4.69, 9.17) is 0 Å². The van der Waals surface area contributed by atoms with E-state index < -0.39 is 0 Å². The molecule has 0 bridgehead atoms. The molecular weight excluding hydrogens is 160 g/mol. The van der Waals surface area contributed by atoms with Gasteiger partial charge in [0.25, 0.3) is 0 Å². The Morgan fingerprint density at radius 1 is 1.54 bits per heavy atom. The summed E-state index contributed by atoms with van der Waals surface area (Å²) in [6.07, 6.45) is 8.17. The maximum Gasteiger partial charge on any atom is 0.0599 e. The highest BCUT2D eigenvalue weighted by molar-refractivity contribution is 5.13. The Labute approximate surface area is 80.8 Å². The highest BCUT2D eigenvalue weighted by Crippen LogP contribution is 2.50. The zero-order valence-electron chi connectivity index (χ0n) is 8.71. The highest BCUT2D eigenvalue weighted by Gasteiger charge is 2.43. The van der Waals surface area contributed by atoms with Gasteiger partial charge >= 0.3 is 0 Å². The van der Waals surface area contributed by atoms with Crippen molar-refractivity contribution >= 4 is 0 Å². The Morgan fingerprint density at radius 2 is 2.31 bits per heavy atom. The first-order valence-electron chi connectivity index (χ1n) is 5.48. The van der Waals surface area contributed by atoms with Crippen molar-refractivity contribution in [3.05, 3.63) is 11.6 Å². The van der Waals surface area contributed by atoms with Gasteiger partial charge in [-0.05, 0) is 38.5 Å². The van der Waals surface area contributed by atoms with Crippen molar-refractivity contribution in [1.29, 1.82) is 0 Å². The van der Waals surface area contributed by atoms with Gasteiger partial charge in [-0.15, -0.1) is 0 Å². The van der Waals surface area contributed by atoms with Crippen molar-refractivity contribution in [3.8, 4) is 0 Å². The predicted octanol–water partition coefficient (Wildman–Crippen LogP) is 2.89. The summed E-state index contributed by atoms with van der Waals surface area (Å²) in [4.78, 5) is 0. The van der Waals surface area contributed by atoms with Crippen molar-refractivity contribution in [2.75, 3.05) is 0 Å². The molecule has 0 saturated heterocycles. The van der Waals surface area contributed by atoms with E-state index in [1.807, 2.05) is 0 Å². The van der Waals surface area contributed by atoms with Gasteiger partial charge in [-0.2, -0.15) is 0 Å². The minimum Gasteiger partial charge on any atom is -0.393 e. The van der Waals surface area contributed by atoms with E-state index in [9.17, 15) is 5.11 Å². The number of hydrogen-bond donors (Lipinski definition) is 1. The van der Waals surface area contributed by atoms with Crippen LogP contribution in [0.4, 0.5) is 0 Å². The van der Waals surface area contributed by atoms with Crippen LogP contribution in [0, 0.1) is 11.3 Å². The van der Waals surface area contributed by atoms with Gasteiger partial charge in [-0.3, -0.25) is 0 Å². The lowest BCUT2D eigenvalue weighted by Crippen LogP contribution is -2.34. The highest BCUT2D eigenvalue weighted by atomic mass is 16.3. The van der Waals surface area contributed by atoms with Crippen LogP contribution in [-0.2, 0) is 0 Å². The molecule has 0 aromatic rings. The van der Waals surface area contributed by atoms with Crippen molar-refractivity contribution in [3.63, 3.8) is 0 Å². The van der Waals surface area contributed by atoms with Crippen LogP contribution in [0.3, 0.4) is 0 Å². The summed E-state index contributed by atoms with van der Waals surface area (Å²) < 4.78 is 0. The minimum atomic E-state index is -0.0291. The number of rotatable bonds is 0. The molecule has 3 unspecified atom stereocenters. The quantitative estimate of drug-likeness (QED) is 0.568. The molecule has 2 rings (SSSR count). The molecule has 1 heteroatoms. The first-order chi connectivity index (χ1) is 6.12. The van der Waals surface area contributed by atoms with Crippen LogP contribution in [0.1, 0.15) is 46.0 Å². The first-order valence-corrected chi connectivity index (χ1v) is 5.48. The number of aliphatic hydroxyl groups excluding tert-OH is 1. The van der Waals surface area contributed by atoms with Gasteiger partial charge in [0, 0.05) is 5.41 Å². The van der Waals surface area contributed by atoms with E-state index in [1.165, 1.54) is 24.8 Å². The summed E-state index contributed by atoms with van der Waals surface area (Å²) >= 11 is 0. The fraction of sp³-hybridized carbons (Fsp3) is 0.833. The van der Waals surface area contributed by atoms with Gasteiger partial charge in [0.1, 0.15) is 0 Å².